The summed E-state index contributed by atoms with van der Waals surface area (Å²) in [4.78, 5) is 0. The highest BCUT2D eigenvalue weighted by molar-refractivity contribution is 9.10. The van der Waals surface area contributed by atoms with Crippen molar-refractivity contribution >= 4 is 15.9 Å². The van der Waals surface area contributed by atoms with E-state index in [-0.39, 0.29) is 0 Å². The van der Waals surface area contributed by atoms with Gasteiger partial charge in [-0.25, -0.2) is 0 Å². The maximum absolute atomic E-state index is 3.82. The fourth-order valence-corrected chi connectivity index (χ4v) is 3.18. The van der Waals surface area contributed by atoms with Crippen LogP contribution in [0.3, 0.4) is 0 Å². The van der Waals surface area contributed by atoms with E-state index in [4.69, 9.17) is 0 Å². The molecular weight excluding hydrogens is 262 g/mol. The van der Waals surface area contributed by atoms with E-state index in [9.17, 15) is 0 Å². The molecule has 1 aromatic carbocycles. The van der Waals surface area contributed by atoms with Gasteiger partial charge in [0.25, 0.3) is 0 Å². The minimum absolute atomic E-state index is 0.603. The zero-order valence-electron chi connectivity index (χ0n) is 9.51. The lowest BCUT2D eigenvalue weighted by atomic mass is 9.85. The van der Waals surface area contributed by atoms with Gasteiger partial charge in [-0.3, -0.25) is 0 Å². The van der Waals surface area contributed by atoms with Crippen molar-refractivity contribution in [2.24, 2.45) is 0 Å². The summed E-state index contributed by atoms with van der Waals surface area (Å²) in [5.41, 5.74) is 3.08. The van der Waals surface area contributed by atoms with E-state index in [1.165, 1.54) is 48.6 Å². The zero-order valence-corrected chi connectivity index (χ0v) is 11.1. The molecule has 16 heavy (non-hydrogen) atoms. The molecule has 1 unspecified atom stereocenters. The van der Waals surface area contributed by atoms with Crippen molar-refractivity contribution in [2.75, 3.05) is 0 Å². The van der Waals surface area contributed by atoms with Crippen molar-refractivity contribution in [1.29, 1.82) is 0 Å². The molecule has 1 N–H and O–H groups in total. The topological polar surface area (TPSA) is 12.0 Å². The van der Waals surface area contributed by atoms with Gasteiger partial charge in [0, 0.05) is 16.6 Å². The molecule has 2 aliphatic carbocycles. The Bertz CT molecular complexity index is 384. The summed E-state index contributed by atoms with van der Waals surface area (Å²) < 4.78 is 1.22. The quantitative estimate of drug-likeness (QED) is 0.864. The number of halogens is 1. The van der Waals surface area contributed by atoms with Crippen molar-refractivity contribution < 1.29 is 0 Å². The van der Waals surface area contributed by atoms with Gasteiger partial charge >= 0.3 is 0 Å². The van der Waals surface area contributed by atoms with Crippen molar-refractivity contribution in [2.45, 2.75) is 50.6 Å². The molecule has 1 nitrogen and oxygen atoms in total. The second-order valence-electron chi connectivity index (χ2n) is 5.08. The Morgan fingerprint density at radius 2 is 2.00 bits per heavy atom. The molecule has 0 amide bonds. The van der Waals surface area contributed by atoms with Gasteiger partial charge in [0.15, 0.2) is 0 Å². The Balaban J connectivity index is 1.83. The van der Waals surface area contributed by atoms with E-state index in [1.807, 2.05) is 0 Å². The van der Waals surface area contributed by atoms with Crippen molar-refractivity contribution in [3.05, 3.63) is 33.8 Å². The average molecular weight is 280 g/mol. The van der Waals surface area contributed by atoms with Crippen LogP contribution >= 0.6 is 15.9 Å². The molecule has 1 atom stereocenters. The Morgan fingerprint density at radius 3 is 2.75 bits per heavy atom. The lowest BCUT2D eigenvalue weighted by Crippen LogP contribution is -2.39. The number of hydrogen-bond acceptors (Lipinski definition) is 1. The molecule has 0 saturated heterocycles. The number of aryl methyl sites for hydroxylation is 1. The third-order valence-corrected chi connectivity index (χ3v) is 4.46. The van der Waals surface area contributed by atoms with Crippen LogP contribution < -0.4 is 5.32 Å². The first-order valence-electron chi connectivity index (χ1n) is 6.37. The van der Waals surface area contributed by atoms with Crippen LogP contribution in [0.2, 0.25) is 0 Å². The van der Waals surface area contributed by atoms with Crippen molar-refractivity contribution in [1.82, 2.24) is 5.32 Å². The van der Waals surface area contributed by atoms with E-state index < -0.39 is 0 Å². The normalized spacial score (nSPS) is 24.9. The molecule has 2 aliphatic rings. The molecule has 1 aromatic rings. The lowest BCUT2D eigenvalue weighted by Gasteiger charge is -2.34. The number of benzene rings is 1. The molecule has 0 spiro atoms. The molecule has 1 saturated carbocycles. The van der Waals surface area contributed by atoms with E-state index >= 15 is 0 Å². The molecule has 0 bridgehead atoms. The highest BCUT2D eigenvalue weighted by atomic mass is 79.9. The van der Waals surface area contributed by atoms with Gasteiger partial charge < -0.3 is 5.32 Å². The largest absolute Gasteiger partial charge is 0.307 e. The third-order valence-electron chi connectivity index (χ3n) is 3.96. The van der Waals surface area contributed by atoms with E-state index in [1.54, 1.807) is 5.56 Å². The molecule has 1 fully saturated rings. The molecule has 0 aliphatic heterocycles. The fraction of sp³-hybridized carbons (Fsp3) is 0.571. The summed E-state index contributed by atoms with van der Waals surface area (Å²) in [7, 11) is 0. The maximum atomic E-state index is 3.82. The minimum Gasteiger partial charge on any atom is -0.307 e. The highest BCUT2D eigenvalue weighted by Crippen LogP contribution is 2.33. The van der Waals surface area contributed by atoms with Crippen molar-refractivity contribution in [3.8, 4) is 0 Å². The molecule has 2 heteroatoms. The molecular formula is C14H18BrN. The maximum Gasteiger partial charge on any atom is 0.0325 e. The van der Waals surface area contributed by atoms with Crippen LogP contribution in [-0.2, 0) is 6.42 Å². The summed E-state index contributed by atoms with van der Waals surface area (Å²) in [5, 5.41) is 3.82. The molecule has 3 rings (SSSR count). The van der Waals surface area contributed by atoms with Crippen LogP contribution in [0.5, 0.6) is 0 Å². The minimum atomic E-state index is 0.603. The van der Waals surface area contributed by atoms with Crippen molar-refractivity contribution in [3.63, 3.8) is 0 Å². The summed E-state index contributed by atoms with van der Waals surface area (Å²) >= 11 is 3.59. The standard InChI is InChI=1S/C14H18BrN/c15-11-8-7-10-3-1-6-14(13(10)9-11)16-12-4-2-5-12/h7-9,12,14,16H,1-6H2. The number of fused-ring (bicyclic) bond motifs is 1. The van der Waals surface area contributed by atoms with Crippen LogP contribution in [0.25, 0.3) is 0 Å². The lowest BCUT2D eigenvalue weighted by molar-refractivity contribution is 0.290. The fourth-order valence-electron chi connectivity index (χ4n) is 2.80. The van der Waals surface area contributed by atoms with E-state index in [2.05, 4.69) is 39.4 Å². The van der Waals surface area contributed by atoms with E-state index in [0.29, 0.717) is 6.04 Å². The Hall–Kier alpha value is -0.340. The van der Waals surface area contributed by atoms with Crippen LogP contribution in [0.15, 0.2) is 22.7 Å². The second kappa shape index (κ2) is 4.50. The third kappa shape index (κ3) is 2.05. The van der Waals surface area contributed by atoms with Crippen LogP contribution in [0, 0.1) is 0 Å². The van der Waals surface area contributed by atoms with Gasteiger partial charge in [-0.1, -0.05) is 28.4 Å². The summed E-state index contributed by atoms with van der Waals surface area (Å²) in [5.74, 6) is 0. The first-order chi connectivity index (χ1) is 7.83. The highest BCUT2D eigenvalue weighted by Gasteiger charge is 2.25. The SMILES string of the molecule is Brc1ccc2c(c1)C(NC1CCC1)CCC2. The Labute approximate surface area is 106 Å². The Morgan fingerprint density at radius 1 is 1.12 bits per heavy atom. The first-order valence-corrected chi connectivity index (χ1v) is 7.16. The average Bonchev–Trinajstić information content (AvgIpc) is 2.23. The van der Waals surface area contributed by atoms with Gasteiger partial charge in [0.2, 0.25) is 0 Å². The van der Waals surface area contributed by atoms with Gasteiger partial charge in [-0.05, 0) is 55.4 Å². The van der Waals surface area contributed by atoms with Gasteiger partial charge in [-0.15, -0.1) is 0 Å². The summed E-state index contributed by atoms with van der Waals surface area (Å²) in [6, 6.07) is 8.16. The Kier molecular flexibility index (Phi) is 3.03. The zero-order chi connectivity index (χ0) is 11.0. The molecule has 0 aromatic heterocycles. The molecule has 86 valence electrons. The van der Waals surface area contributed by atoms with Gasteiger partial charge in [0.05, 0.1) is 0 Å². The van der Waals surface area contributed by atoms with Crippen LogP contribution in [-0.4, -0.2) is 6.04 Å². The number of nitrogens with one attached hydrogen (secondary N) is 1. The second-order valence-corrected chi connectivity index (χ2v) is 6.00. The van der Waals surface area contributed by atoms with Crippen LogP contribution in [0.1, 0.15) is 49.3 Å². The summed E-state index contributed by atoms with van der Waals surface area (Å²) in [6.07, 6.45) is 8.06. The number of rotatable bonds is 2. The smallest absolute Gasteiger partial charge is 0.0325 e. The molecule has 0 radical (unpaired) electrons. The first kappa shape index (κ1) is 10.8. The van der Waals surface area contributed by atoms with Gasteiger partial charge in [-0.2, -0.15) is 0 Å². The van der Waals surface area contributed by atoms with Gasteiger partial charge in [0.1, 0.15) is 0 Å². The predicted octanol–water partition coefficient (Wildman–Crippen LogP) is 3.97. The summed E-state index contributed by atoms with van der Waals surface area (Å²) in [6.45, 7) is 0. The molecule has 0 heterocycles. The monoisotopic (exact) mass is 279 g/mol. The van der Waals surface area contributed by atoms with E-state index in [0.717, 1.165) is 6.04 Å². The predicted molar refractivity (Wildman–Crippen MR) is 70.6 cm³/mol. The number of hydrogen-bond donors (Lipinski definition) is 1. The van der Waals surface area contributed by atoms with Crippen LogP contribution in [0.4, 0.5) is 0 Å².